The summed E-state index contributed by atoms with van der Waals surface area (Å²) < 4.78 is 94.9. The third-order valence-corrected chi connectivity index (χ3v) is 12.1. The smallest absolute Gasteiger partial charge is 0.396 e. The average molecular weight is 831 g/mol. The summed E-state index contributed by atoms with van der Waals surface area (Å²) in [6.45, 7) is 1.85. The maximum absolute atomic E-state index is 13.8. The second-order valence-corrected chi connectivity index (χ2v) is 15.6. The number of rotatable bonds is 11. The van der Waals surface area contributed by atoms with E-state index in [1.807, 2.05) is 12.1 Å². The van der Waals surface area contributed by atoms with Crippen LogP contribution in [0.4, 0.5) is 26.3 Å². The van der Waals surface area contributed by atoms with Crippen LogP contribution in [-0.2, 0) is 44.1 Å². The van der Waals surface area contributed by atoms with Gasteiger partial charge in [0.1, 0.15) is 12.2 Å². The van der Waals surface area contributed by atoms with Crippen molar-refractivity contribution in [3.05, 3.63) is 104 Å². The van der Waals surface area contributed by atoms with E-state index < -0.39 is 40.6 Å². The highest BCUT2D eigenvalue weighted by molar-refractivity contribution is 6.42. The molecule has 2 atom stereocenters. The molecule has 2 fully saturated rings. The molecule has 304 valence electrons. The molecule has 0 aromatic heterocycles. The predicted octanol–water partition coefficient (Wildman–Crippen LogP) is 7.60. The van der Waals surface area contributed by atoms with Gasteiger partial charge in [0.15, 0.2) is 0 Å². The molecule has 1 spiro atoms. The average Bonchev–Trinajstić information content (AvgIpc) is 3.47. The summed E-state index contributed by atoms with van der Waals surface area (Å²) >= 11 is 12.7. The highest BCUT2D eigenvalue weighted by Crippen LogP contribution is 2.48. The number of nitrogens with zero attached hydrogens (tertiary/aromatic N) is 3. The number of piperidine rings is 1. The van der Waals surface area contributed by atoms with E-state index in [0.717, 1.165) is 12.8 Å². The highest BCUT2D eigenvalue weighted by atomic mass is 35.5. The number of carbonyl (C=O) groups excluding carboxylic acids is 2. The van der Waals surface area contributed by atoms with Crippen LogP contribution in [0.5, 0.6) is 0 Å². The maximum Gasteiger partial charge on any atom is 0.416 e. The fourth-order valence-electron chi connectivity index (χ4n) is 8.26. The number of benzene rings is 3. The fraction of sp³-hybridized carbons (Fsp3) is 0.500. The molecular weight excluding hydrogens is 787 g/mol. The molecule has 1 N–H and O–H groups in total. The number of likely N-dealkylation sites (tertiary alicyclic amines) is 1. The SMILES string of the molecule is CN(CCCO)C(=O)CO[C@H]1Cc2ccccc2C12CCN(CC[C@]1(c3ccc(Cl)c(Cl)c3)CN(C(=O)c3cc(C(F)(F)F)cc(C(F)(F)F)c3)CCO1)CC2. The lowest BCUT2D eigenvalue weighted by molar-refractivity contribution is -0.143. The molecule has 16 heteroatoms. The Morgan fingerprint density at radius 2 is 1.62 bits per heavy atom. The van der Waals surface area contributed by atoms with Crippen molar-refractivity contribution in [2.45, 2.75) is 61.6 Å². The summed E-state index contributed by atoms with van der Waals surface area (Å²) in [5.74, 6) is -1.15. The van der Waals surface area contributed by atoms with Gasteiger partial charge in [0.25, 0.3) is 5.91 Å². The Morgan fingerprint density at radius 1 is 0.946 bits per heavy atom. The van der Waals surface area contributed by atoms with Crippen LogP contribution in [0.1, 0.15) is 63.9 Å². The number of ether oxygens (including phenoxy) is 2. The fourth-order valence-corrected chi connectivity index (χ4v) is 8.56. The topological polar surface area (TPSA) is 82.5 Å². The zero-order chi connectivity index (χ0) is 40.5. The number of hydrogen-bond acceptors (Lipinski definition) is 6. The molecule has 6 rings (SSSR count). The Bertz CT molecular complexity index is 1870. The molecule has 1 aliphatic carbocycles. The number of halogens is 8. The molecule has 2 aliphatic heterocycles. The largest absolute Gasteiger partial charge is 0.416 e. The Labute approximate surface area is 331 Å². The maximum atomic E-state index is 13.8. The van der Waals surface area contributed by atoms with Crippen LogP contribution in [0.3, 0.4) is 0 Å². The molecule has 0 unspecified atom stereocenters. The number of morpholine rings is 1. The van der Waals surface area contributed by atoms with Crippen molar-refractivity contribution in [3.8, 4) is 0 Å². The minimum Gasteiger partial charge on any atom is -0.396 e. The first-order valence-corrected chi connectivity index (χ1v) is 19.2. The van der Waals surface area contributed by atoms with Gasteiger partial charge in [0.05, 0.1) is 40.4 Å². The molecule has 0 radical (unpaired) electrons. The Balaban J connectivity index is 1.21. The van der Waals surface area contributed by atoms with Crippen molar-refractivity contribution >= 4 is 35.0 Å². The van der Waals surface area contributed by atoms with Crippen LogP contribution in [0.15, 0.2) is 60.7 Å². The number of amides is 2. The number of fused-ring (bicyclic) bond motifs is 2. The van der Waals surface area contributed by atoms with Gasteiger partial charge in [-0.3, -0.25) is 9.59 Å². The van der Waals surface area contributed by atoms with E-state index >= 15 is 0 Å². The number of likely N-dealkylation sites (N-methyl/N-ethyl adjacent to an activating group) is 1. The van der Waals surface area contributed by atoms with E-state index in [1.165, 1.54) is 16.0 Å². The van der Waals surface area contributed by atoms with Crippen LogP contribution in [0.2, 0.25) is 10.0 Å². The summed E-state index contributed by atoms with van der Waals surface area (Å²) in [7, 11) is 1.68. The van der Waals surface area contributed by atoms with Gasteiger partial charge < -0.3 is 29.3 Å². The van der Waals surface area contributed by atoms with Crippen LogP contribution < -0.4 is 0 Å². The van der Waals surface area contributed by atoms with Crippen molar-refractivity contribution in [3.63, 3.8) is 0 Å². The normalized spacial score (nSPS) is 21.3. The van der Waals surface area contributed by atoms with E-state index in [1.54, 1.807) is 30.1 Å². The molecule has 56 heavy (non-hydrogen) atoms. The van der Waals surface area contributed by atoms with E-state index in [-0.39, 0.29) is 66.4 Å². The van der Waals surface area contributed by atoms with E-state index in [0.29, 0.717) is 63.1 Å². The molecule has 0 bridgehead atoms. The first kappa shape index (κ1) is 42.2. The molecule has 2 amide bonds. The van der Waals surface area contributed by atoms with Gasteiger partial charge in [-0.1, -0.05) is 53.5 Å². The van der Waals surface area contributed by atoms with Crippen LogP contribution >= 0.6 is 23.2 Å². The van der Waals surface area contributed by atoms with Crippen LogP contribution in [0, 0.1) is 0 Å². The number of aliphatic hydroxyl groups is 1. The second kappa shape index (κ2) is 16.8. The summed E-state index contributed by atoms with van der Waals surface area (Å²) in [6.07, 6.45) is -7.55. The summed E-state index contributed by atoms with van der Waals surface area (Å²) in [4.78, 5) is 31.7. The van der Waals surface area contributed by atoms with Gasteiger partial charge in [-0.05, 0) is 92.2 Å². The third kappa shape index (κ3) is 9.00. The number of hydrogen-bond donors (Lipinski definition) is 1. The molecule has 8 nitrogen and oxygen atoms in total. The Hall–Kier alpha value is -3.40. The first-order valence-electron chi connectivity index (χ1n) is 18.4. The van der Waals surface area contributed by atoms with Crippen molar-refractivity contribution in [1.29, 1.82) is 0 Å². The molecule has 3 aromatic rings. The van der Waals surface area contributed by atoms with Gasteiger partial charge in [-0.15, -0.1) is 0 Å². The summed E-state index contributed by atoms with van der Waals surface area (Å²) in [5.41, 5.74) is -2.49. The second-order valence-electron chi connectivity index (χ2n) is 14.8. The predicted molar refractivity (Wildman–Crippen MR) is 198 cm³/mol. The van der Waals surface area contributed by atoms with Crippen molar-refractivity contribution in [1.82, 2.24) is 14.7 Å². The quantitative estimate of drug-likeness (QED) is 0.201. The summed E-state index contributed by atoms with van der Waals surface area (Å²) in [6, 6.07) is 14.0. The molecular formula is C40H43Cl2F6N3O5. The molecule has 3 aliphatic rings. The molecule has 2 saturated heterocycles. The van der Waals surface area contributed by atoms with Gasteiger partial charge in [-0.25, -0.2) is 0 Å². The van der Waals surface area contributed by atoms with Gasteiger partial charge in [0.2, 0.25) is 5.91 Å². The van der Waals surface area contributed by atoms with Gasteiger partial charge >= 0.3 is 12.4 Å². The molecule has 2 heterocycles. The Kier molecular flexibility index (Phi) is 12.7. The summed E-state index contributed by atoms with van der Waals surface area (Å²) in [5, 5.41) is 9.65. The standard InChI is InChI=1S/C40H43Cl2F6N3O5/c1-49(12-4-17-52)35(53)24-55-34-21-26-5-2-3-6-31(26)37(34)9-13-50(14-10-37)15-11-38(28-7-8-32(41)33(42)23-28)25-51(16-18-56-38)36(54)27-19-29(39(43,44)45)22-30(20-27)40(46,47)48/h2-3,5-8,19-20,22-23,34,52H,4,9-18,21,24-25H2,1H3/t34-,38+/m0/s1. The molecule has 3 aromatic carbocycles. The number of aliphatic hydroxyl groups excluding tert-OH is 1. The number of carbonyl (C=O) groups is 2. The van der Waals surface area contributed by atoms with Crippen LogP contribution in [0.25, 0.3) is 0 Å². The third-order valence-electron chi connectivity index (χ3n) is 11.4. The minimum absolute atomic E-state index is 0.00347. The van der Waals surface area contributed by atoms with Crippen molar-refractivity contribution in [2.75, 3.05) is 66.1 Å². The lowest BCUT2D eigenvalue weighted by Crippen LogP contribution is -2.54. The van der Waals surface area contributed by atoms with E-state index in [9.17, 15) is 35.9 Å². The van der Waals surface area contributed by atoms with Crippen molar-refractivity contribution in [2.24, 2.45) is 0 Å². The Morgan fingerprint density at radius 3 is 2.27 bits per heavy atom. The highest BCUT2D eigenvalue weighted by Gasteiger charge is 2.50. The van der Waals surface area contributed by atoms with Crippen LogP contribution in [-0.4, -0.2) is 104 Å². The van der Waals surface area contributed by atoms with Crippen molar-refractivity contribution < 1.29 is 50.5 Å². The van der Waals surface area contributed by atoms with E-state index in [4.69, 9.17) is 37.8 Å². The van der Waals surface area contributed by atoms with Gasteiger partial charge in [0, 0.05) is 44.3 Å². The zero-order valence-electron chi connectivity index (χ0n) is 30.7. The van der Waals surface area contributed by atoms with Gasteiger partial charge in [-0.2, -0.15) is 26.3 Å². The van der Waals surface area contributed by atoms with E-state index in [2.05, 4.69) is 17.0 Å². The number of alkyl halides is 6. The monoisotopic (exact) mass is 829 g/mol. The minimum atomic E-state index is -5.11. The first-order chi connectivity index (χ1) is 26.5. The lowest BCUT2D eigenvalue weighted by Gasteiger charge is -2.46. The zero-order valence-corrected chi connectivity index (χ0v) is 32.2. The lowest BCUT2D eigenvalue weighted by atomic mass is 9.72. The molecule has 0 saturated carbocycles.